The molecule has 0 saturated carbocycles. The summed E-state index contributed by atoms with van der Waals surface area (Å²) in [6.45, 7) is 0.801. The van der Waals surface area contributed by atoms with E-state index >= 15 is 4.39 Å². The number of nitrogens with zero attached hydrogens (tertiary/aromatic N) is 3. The molecule has 184 valence electrons. The van der Waals surface area contributed by atoms with Gasteiger partial charge in [-0.05, 0) is 42.7 Å². The number of aliphatic imine (C=N–C) groups is 1. The molecule has 2 N–H and O–H groups in total. The maximum absolute atomic E-state index is 16.1. The topological polar surface area (TPSA) is 79.0 Å². The maximum Gasteiger partial charge on any atom is 0.262 e. The second kappa shape index (κ2) is 9.18. The Labute approximate surface area is 208 Å². The Balaban J connectivity index is 1.52. The number of likely N-dealkylation sites (tertiary alicyclic amines) is 1. The van der Waals surface area contributed by atoms with Gasteiger partial charge in [0.15, 0.2) is 11.5 Å². The minimum absolute atomic E-state index is 0.0124. The van der Waals surface area contributed by atoms with Crippen LogP contribution in [0.25, 0.3) is 11.1 Å². The molecule has 0 aromatic heterocycles. The van der Waals surface area contributed by atoms with Gasteiger partial charge in [0.1, 0.15) is 11.6 Å². The van der Waals surface area contributed by atoms with Crippen LogP contribution >= 0.6 is 0 Å². The summed E-state index contributed by atoms with van der Waals surface area (Å²) >= 11 is 0. The second-order valence-electron chi connectivity index (χ2n) is 9.21. The molecule has 8 heteroatoms. The molecule has 0 bridgehead atoms. The van der Waals surface area contributed by atoms with Crippen LogP contribution in [0.15, 0.2) is 77.8 Å². The summed E-state index contributed by atoms with van der Waals surface area (Å²) in [5.74, 6) is -1.99. The molecule has 0 spiro atoms. The van der Waals surface area contributed by atoms with Gasteiger partial charge in [0.05, 0.1) is 0 Å². The Hall–Kier alpha value is -4.07. The standard InChI is InChI=1S/C28H26F2N4O2/c1-33-26(36)28(32-27(33)31,20-13-15-34(16-14-20)25(35)18-7-3-2-4-8-18)23-12-6-11-22(24(23)30)19-9-5-10-21(29)17-19/h2-12,17,20H,13-16H2,1H3,(H2,31,32). The van der Waals surface area contributed by atoms with Crippen LogP contribution in [0.1, 0.15) is 28.8 Å². The van der Waals surface area contributed by atoms with Gasteiger partial charge < -0.3 is 10.6 Å². The average molecular weight is 489 g/mol. The van der Waals surface area contributed by atoms with Crippen LogP contribution in [-0.4, -0.2) is 47.7 Å². The Kier molecular flexibility index (Phi) is 6.04. The molecule has 2 aliphatic rings. The van der Waals surface area contributed by atoms with Gasteiger partial charge in [-0.25, -0.2) is 13.8 Å². The molecule has 1 unspecified atom stereocenters. The maximum atomic E-state index is 16.1. The highest BCUT2D eigenvalue weighted by Crippen LogP contribution is 2.46. The highest BCUT2D eigenvalue weighted by atomic mass is 19.1. The van der Waals surface area contributed by atoms with E-state index in [-0.39, 0.29) is 28.9 Å². The summed E-state index contributed by atoms with van der Waals surface area (Å²) in [7, 11) is 1.52. The number of halogens is 2. The van der Waals surface area contributed by atoms with Crippen molar-refractivity contribution in [1.82, 2.24) is 9.80 Å². The highest BCUT2D eigenvalue weighted by molar-refractivity contribution is 6.07. The summed E-state index contributed by atoms with van der Waals surface area (Å²) in [4.78, 5) is 34.2. The number of piperidine rings is 1. The van der Waals surface area contributed by atoms with Gasteiger partial charge in [0.2, 0.25) is 0 Å². The normalized spacial score (nSPS) is 20.5. The average Bonchev–Trinajstić information content (AvgIpc) is 3.13. The van der Waals surface area contributed by atoms with Crippen LogP contribution in [-0.2, 0) is 10.3 Å². The van der Waals surface area contributed by atoms with Gasteiger partial charge >= 0.3 is 0 Å². The van der Waals surface area contributed by atoms with Crippen LogP contribution in [0.4, 0.5) is 8.78 Å². The van der Waals surface area contributed by atoms with Crippen molar-refractivity contribution >= 4 is 17.8 Å². The van der Waals surface area contributed by atoms with Gasteiger partial charge in [-0.3, -0.25) is 14.5 Å². The van der Waals surface area contributed by atoms with E-state index in [2.05, 4.69) is 4.99 Å². The lowest BCUT2D eigenvalue weighted by Gasteiger charge is -2.40. The van der Waals surface area contributed by atoms with Crippen molar-refractivity contribution in [3.05, 3.63) is 95.6 Å². The van der Waals surface area contributed by atoms with Gasteiger partial charge in [0.25, 0.3) is 11.8 Å². The fraction of sp³-hybridized carbons (Fsp3) is 0.250. The summed E-state index contributed by atoms with van der Waals surface area (Å²) in [6.07, 6.45) is 0.886. The van der Waals surface area contributed by atoms with Crippen LogP contribution in [0.5, 0.6) is 0 Å². The predicted molar refractivity (Wildman–Crippen MR) is 133 cm³/mol. The Morgan fingerprint density at radius 1 is 1.00 bits per heavy atom. The number of guanidine groups is 1. The van der Waals surface area contributed by atoms with E-state index in [1.165, 1.54) is 30.1 Å². The van der Waals surface area contributed by atoms with Crippen LogP contribution in [0.2, 0.25) is 0 Å². The monoisotopic (exact) mass is 488 g/mol. The fourth-order valence-corrected chi connectivity index (χ4v) is 5.29. The van der Waals surface area contributed by atoms with Gasteiger partial charge in [-0.1, -0.05) is 48.5 Å². The van der Waals surface area contributed by atoms with Crippen LogP contribution < -0.4 is 5.73 Å². The van der Waals surface area contributed by atoms with Crippen molar-refractivity contribution in [3.63, 3.8) is 0 Å². The van der Waals surface area contributed by atoms with Crippen LogP contribution in [0.3, 0.4) is 0 Å². The van der Waals surface area contributed by atoms with Crippen molar-refractivity contribution < 1.29 is 18.4 Å². The lowest BCUT2D eigenvalue weighted by atomic mass is 9.72. The first-order valence-electron chi connectivity index (χ1n) is 11.9. The first kappa shape index (κ1) is 23.7. The van der Waals surface area contributed by atoms with E-state index in [0.29, 0.717) is 37.1 Å². The predicted octanol–water partition coefficient (Wildman–Crippen LogP) is 4.17. The number of benzene rings is 3. The van der Waals surface area contributed by atoms with Crippen molar-refractivity contribution in [2.45, 2.75) is 18.4 Å². The summed E-state index contributed by atoms with van der Waals surface area (Å²) in [5.41, 5.74) is 5.76. The largest absolute Gasteiger partial charge is 0.369 e. The second-order valence-corrected chi connectivity index (χ2v) is 9.21. The zero-order valence-corrected chi connectivity index (χ0v) is 19.8. The zero-order chi connectivity index (χ0) is 25.4. The first-order chi connectivity index (χ1) is 17.3. The molecule has 2 heterocycles. The number of hydrogen-bond donors (Lipinski definition) is 1. The molecule has 1 atom stereocenters. The molecule has 0 aliphatic carbocycles. The van der Waals surface area contributed by atoms with Crippen LogP contribution in [0, 0.1) is 17.6 Å². The van der Waals surface area contributed by atoms with Gasteiger partial charge in [0, 0.05) is 42.7 Å². The van der Waals surface area contributed by atoms with E-state index in [1.54, 1.807) is 41.3 Å². The number of carbonyl (C=O) groups excluding carboxylic acids is 2. The molecule has 3 aromatic carbocycles. The SMILES string of the molecule is CN1C(=O)C(c2cccc(-c3cccc(F)c3)c2F)(C2CCN(C(=O)c3ccccc3)CC2)N=C1N. The lowest BCUT2D eigenvalue weighted by molar-refractivity contribution is -0.133. The third-order valence-corrected chi connectivity index (χ3v) is 7.20. The first-order valence-corrected chi connectivity index (χ1v) is 11.9. The smallest absolute Gasteiger partial charge is 0.262 e. The van der Waals surface area contributed by atoms with E-state index in [0.717, 1.165) is 0 Å². The summed E-state index contributed by atoms with van der Waals surface area (Å²) in [5, 5.41) is 0. The van der Waals surface area contributed by atoms with E-state index in [1.807, 2.05) is 18.2 Å². The molecule has 3 aromatic rings. The minimum atomic E-state index is -1.56. The molecule has 6 nitrogen and oxygen atoms in total. The Morgan fingerprint density at radius 3 is 2.33 bits per heavy atom. The quantitative estimate of drug-likeness (QED) is 0.599. The molecule has 2 amide bonds. The molecule has 1 fully saturated rings. The Morgan fingerprint density at radius 2 is 1.69 bits per heavy atom. The molecular formula is C28H26F2N4O2. The zero-order valence-electron chi connectivity index (χ0n) is 19.8. The molecule has 1 saturated heterocycles. The van der Waals surface area contributed by atoms with Crippen molar-refractivity contribution in [3.8, 4) is 11.1 Å². The highest BCUT2D eigenvalue weighted by Gasteiger charge is 2.55. The van der Waals surface area contributed by atoms with Crippen molar-refractivity contribution in [1.29, 1.82) is 0 Å². The molecule has 5 rings (SSSR count). The number of likely N-dealkylation sites (N-methyl/N-ethyl adjacent to an activating group) is 1. The number of rotatable bonds is 4. The lowest BCUT2D eigenvalue weighted by Crippen LogP contribution is -2.50. The number of nitrogens with two attached hydrogens (primary N) is 1. The number of carbonyl (C=O) groups is 2. The third kappa shape index (κ3) is 3.82. The van der Waals surface area contributed by atoms with Gasteiger partial charge in [-0.2, -0.15) is 0 Å². The fourth-order valence-electron chi connectivity index (χ4n) is 5.29. The van der Waals surface area contributed by atoms with Crippen molar-refractivity contribution in [2.24, 2.45) is 16.6 Å². The van der Waals surface area contributed by atoms with E-state index < -0.39 is 23.1 Å². The number of amides is 2. The Bertz CT molecular complexity index is 1350. The third-order valence-electron chi connectivity index (χ3n) is 7.20. The van der Waals surface area contributed by atoms with Gasteiger partial charge in [-0.15, -0.1) is 0 Å². The molecule has 0 radical (unpaired) electrons. The minimum Gasteiger partial charge on any atom is -0.369 e. The van der Waals surface area contributed by atoms with Crippen molar-refractivity contribution in [2.75, 3.05) is 20.1 Å². The molecular weight excluding hydrogens is 462 g/mol. The van der Waals surface area contributed by atoms with E-state index in [9.17, 15) is 14.0 Å². The van der Waals surface area contributed by atoms with E-state index in [4.69, 9.17) is 5.73 Å². The summed E-state index contributed by atoms with van der Waals surface area (Å²) in [6, 6.07) is 19.4. The molecule has 36 heavy (non-hydrogen) atoms. The number of hydrogen-bond acceptors (Lipinski definition) is 4. The summed E-state index contributed by atoms with van der Waals surface area (Å²) < 4.78 is 30.0. The molecule has 2 aliphatic heterocycles.